The van der Waals surface area contributed by atoms with Crippen molar-refractivity contribution in [2.24, 2.45) is 0 Å². The second kappa shape index (κ2) is 7.50. The molecule has 0 aliphatic rings. The highest BCUT2D eigenvalue weighted by atomic mass is 19.1. The summed E-state index contributed by atoms with van der Waals surface area (Å²) in [5, 5.41) is 7.99. The van der Waals surface area contributed by atoms with Crippen LogP contribution in [0.1, 0.15) is 20.3 Å². The number of hydrogen-bond acceptors (Lipinski definition) is 4. The summed E-state index contributed by atoms with van der Waals surface area (Å²) in [6, 6.07) is 0.763. The normalized spacial score (nSPS) is 10.1. The third kappa shape index (κ3) is 4.69. The Labute approximate surface area is 110 Å². The first kappa shape index (κ1) is 15.1. The van der Waals surface area contributed by atoms with Gasteiger partial charge in [-0.15, -0.1) is 0 Å². The molecule has 0 atom stereocenters. The van der Waals surface area contributed by atoms with Crippen LogP contribution in [-0.4, -0.2) is 30.5 Å². The van der Waals surface area contributed by atoms with Crippen molar-refractivity contribution in [2.75, 3.05) is 30.3 Å². The van der Waals surface area contributed by atoms with Crippen LogP contribution in [0, 0.1) is 11.6 Å². The summed E-state index contributed by atoms with van der Waals surface area (Å²) < 4.78 is 26.8. The highest BCUT2D eigenvalue weighted by Gasteiger charge is 2.11. The van der Waals surface area contributed by atoms with Gasteiger partial charge in [0.25, 0.3) is 0 Å². The molecule has 0 unspecified atom stereocenters. The highest BCUT2D eigenvalue weighted by molar-refractivity contribution is 5.76. The molecular weight excluding hydrogens is 254 g/mol. The summed E-state index contributed by atoms with van der Waals surface area (Å²) in [4.78, 5) is 15.0. The minimum atomic E-state index is -0.782. The Hall–Kier alpha value is -1.92. The van der Waals surface area contributed by atoms with Gasteiger partial charge in [0.2, 0.25) is 5.91 Å². The fourth-order valence-electron chi connectivity index (χ4n) is 1.46. The van der Waals surface area contributed by atoms with Crippen LogP contribution >= 0.6 is 0 Å². The zero-order valence-electron chi connectivity index (χ0n) is 11.0. The van der Waals surface area contributed by atoms with Crippen molar-refractivity contribution in [1.29, 1.82) is 0 Å². The predicted molar refractivity (Wildman–Crippen MR) is 70.1 cm³/mol. The first-order chi connectivity index (χ1) is 9.08. The van der Waals surface area contributed by atoms with Gasteiger partial charge in [-0.05, 0) is 13.8 Å². The topological polar surface area (TPSA) is 66.0 Å². The van der Waals surface area contributed by atoms with Crippen LogP contribution in [0.15, 0.2) is 6.07 Å². The van der Waals surface area contributed by atoms with Gasteiger partial charge in [-0.25, -0.2) is 13.8 Å². The molecule has 0 fully saturated rings. The molecule has 106 valence electrons. The number of rotatable bonds is 7. The zero-order chi connectivity index (χ0) is 14.3. The van der Waals surface area contributed by atoms with E-state index in [1.165, 1.54) is 0 Å². The number of halogens is 2. The fraction of sp³-hybridized carbons (Fsp3) is 0.500. The second-order valence-electron chi connectivity index (χ2n) is 3.81. The molecule has 0 bridgehead atoms. The number of carbonyl (C=O) groups excluding carboxylic acids is 1. The third-order valence-corrected chi connectivity index (χ3v) is 2.29. The van der Waals surface area contributed by atoms with E-state index in [0.29, 0.717) is 13.1 Å². The lowest BCUT2D eigenvalue weighted by molar-refractivity contribution is -0.120. The van der Waals surface area contributed by atoms with Crippen LogP contribution in [0.2, 0.25) is 0 Å². The Bertz CT molecular complexity index is 440. The van der Waals surface area contributed by atoms with Gasteiger partial charge in [0.1, 0.15) is 0 Å². The molecule has 0 spiro atoms. The van der Waals surface area contributed by atoms with Crippen molar-refractivity contribution in [1.82, 2.24) is 10.3 Å². The van der Waals surface area contributed by atoms with Gasteiger partial charge >= 0.3 is 0 Å². The molecule has 0 aromatic carbocycles. The lowest BCUT2D eigenvalue weighted by Crippen LogP contribution is -2.25. The molecule has 1 aromatic heterocycles. The number of nitrogens with zero attached hydrogens (tertiary/aromatic N) is 1. The van der Waals surface area contributed by atoms with Crippen molar-refractivity contribution in [3.8, 4) is 0 Å². The van der Waals surface area contributed by atoms with Crippen LogP contribution in [0.4, 0.5) is 20.4 Å². The van der Waals surface area contributed by atoms with Crippen molar-refractivity contribution in [3.05, 3.63) is 17.7 Å². The summed E-state index contributed by atoms with van der Waals surface area (Å²) in [6.45, 7) is 4.86. The molecule has 0 saturated carbocycles. The van der Waals surface area contributed by atoms with E-state index in [-0.39, 0.29) is 30.5 Å². The monoisotopic (exact) mass is 272 g/mol. The first-order valence-electron chi connectivity index (χ1n) is 6.19. The number of nitrogens with one attached hydrogen (secondary N) is 3. The SMILES string of the molecule is CCNC(=O)CCNc1nc(NCC)c(F)cc1F. The fourth-order valence-corrected chi connectivity index (χ4v) is 1.46. The Kier molecular flexibility index (Phi) is 5.98. The maximum Gasteiger partial charge on any atom is 0.221 e. The standard InChI is InChI=1S/C12H18F2N4O/c1-3-15-10(19)5-6-17-12-9(14)7-8(13)11(18-12)16-4-2/h7H,3-6H2,1-2H3,(H,15,19)(H2,16,17,18). The summed E-state index contributed by atoms with van der Waals surface area (Å²) >= 11 is 0. The van der Waals surface area contributed by atoms with Gasteiger partial charge in [0.05, 0.1) is 0 Å². The van der Waals surface area contributed by atoms with Gasteiger partial charge in [-0.2, -0.15) is 0 Å². The lowest BCUT2D eigenvalue weighted by Gasteiger charge is -2.10. The van der Waals surface area contributed by atoms with E-state index < -0.39 is 11.6 Å². The molecule has 19 heavy (non-hydrogen) atoms. The number of aromatic nitrogens is 1. The Balaban J connectivity index is 2.62. The van der Waals surface area contributed by atoms with E-state index in [4.69, 9.17) is 0 Å². The average molecular weight is 272 g/mol. The van der Waals surface area contributed by atoms with E-state index in [1.54, 1.807) is 6.92 Å². The summed E-state index contributed by atoms with van der Waals surface area (Å²) in [5.74, 6) is -1.74. The van der Waals surface area contributed by atoms with Gasteiger partial charge < -0.3 is 16.0 Å². The maximum atomic E-state index is 13.4. The van der Waals surface area contributed by atoms with Crippen molar-refractivity contribution >= 4 is 17.5 Å². The largest absolute Gasteiger partial charge is 0.368 e. The first-order valence-corrected chi connectivity index (χ1v) is 6.19. The molecule has 0 saturated heterocycles. The van der Waals surface area contributed by atoms with E-state index in [0.717, 1.165) is 6.07 Å². The second-order valence-corrected chi connectivity index (χ2v) is 3.81. The molecule has 3 N–H and O–H groups in total. The number of anilines is 2. The molecule has 5 nitrogen and oxygen atoms in total. The number of amides is 1. The third-order valence-electron chi connectivity index (χ3n) is 2.29. The molecular formula is C12H18F2N4O. The van der Waals surface area contributed by atoms with Gasteiger partial charge in [-0.1, -0.05) is 0 Å². The van der Waals surface area contributed by atoms with Crippen LogP contribution < -0.4 is 16.0 Å². The molecule has 7 heteroatoms. The molecule has 1 heterocycles. The smallest absolute Gasteiger partial charge is 0.221 e. The van der Waals surface area contributed by atoms with E-state index >= 15 is 0 Å². The molecule has 1 amide bonds. The Morgan fingerprint density at radius 3 is 2.37 bits per heavy atom. The predicted octanol–water partition coefficient (Wildman–Crippen LogP) is 1.73. The molecule has 1 aromatic rings. The average Bonchev–Trinajstić information content (AvgIpc) is 2.35. The van der Waals surface area contributed by atoms with E-state index in [1.807, 2.05) is 6.92 Å². The summed E-state index contributed by atoms with van der Waals surface area (Å²) in [5.41, 5.74) is 0. The Morgan fingerprint density at radius 1 is 1.16 bits per heavy atom. The van der Waals surface area contributed by atoms with Crippen molar-refractivity contribution in [2.45, 2.75) is 20.3 Å². The highest BCUT2D eigenvalue weighted by Crippen LogP contribution is 2.18. The zero-order valence-corrected chi connectivity index (χ0v) is 11.0. The van der Waals surface area contributed by atoms with Gasteiger partial charge in [0, 0.05) is 32.1 Å². The van der Waals surface area contributed by atoms with Gasteiger partial charge in [-0.3, -0.25) is 4.79 Å². The number of hydrogen-bond donors (Lipinski definition) is 3. The summed E-state index contributed by atoms with van der Waals surface area (Å²) in [7, 11) is 0. The minimum Gasteiger partial charge on any atom is -0.368 e. The molecule has 0 aliphatic carbocycles. The number of carbonyl (C=O) groups is 1. The van der Waals surface area contributed by atoms with Crippen molar-refractivity contribution < 1.29 is 13.6 Å². The van der Waals surface area contributed by atoms with Gasteiger partial charge in [0.15, 0.2) is 23.3 Å². The Morgan fingerprint density at radius 2 is 1.79 bits per heavy atom. The minimum absolute atomic E-state index is 0.00981. The molecule has 0 radical (unpaired) electrons. The maximum absolute atomic E-state index is 13.4. The lowest BCUT2D eigenvalue weighted by atomic mass is 10.3. The van der Waals surface area contributed by atoms with Crippen LogP contribution in [0.3, 0.4) is 0 Å². The van der Waals surface area contributed by atoms with Crippen molar-refractivity contribution in [3.63, 3.8) is 0 Å². The summed E-state index contributed by atoms with van der Waals surface area (Å²) in [6.07, 6.45) is 0.197. The van der Waals surface area contributed by atoms with Crippen LogP contribution in [0.25, 0.3) is 0 Å². The van der Waals surface area contributed by atoms with E-state index in [2.05, 4.69) is 20.9 Å². The van der Waals surface area contributed by atoms with E-state index in [9.17, 15) is 13.6 Å². The molecule has 0 aliphatic heterocycles. The van der Waals surface area contributed by atoms with Crippen LogP contribution in [-0.2, 0) is 4.79 Å². The quantitative estimate of drug-likeness (QED) is 0.707. The number of pyridine rings is 1. The van der Waals surface area contributed by atoms with Crippen LogP contribution in [0.5, 0.6) is 0 Å². The molecule has 1 rings (SSSR count).